The van der Waals surface area contributed by atoms with Crippen LogP contribution in [0.2, 0.25) is 0 Å². The maximum atomic E-state index is 5.15. The third-order valence-electron chi connectivity index (χ3n) is 3.55. The van der Waals surface area contributed by atoms with Gasteiger partial charge in [0.1, 0.15) is 0 Å². The predicted molar refractivity (Wildman–Crippen MR) is 73.8 cm³/mol. The van der Waals surface area contributed by atoms with Gasteiger partial charge in [-0.3, -0.25) is 0 Å². The number of hydrogen-bond donors (Lipinski definition) is 0. The molecule has 100 valence electrons. The lowest BCUT2D eigenvalue weighted by Gasteiger charge is -2.16. The van der Waals surface area contributed by atoms with Gasteiger partial charge in [0.15, 0.2) is 5.75 Å². The monoisotopic (exact) mass is 248 g/mol. The number of hydrogen-bond acceptors (Lipinski definition) is 2. The van der Waals surface area contributed by atoms with Crippen molar-refractivity contribution in [3.05, 3.63) is 29.3 Å². The van der Waals surface area contributed by atoms with Crippen molar-refractivity contribution in [2.75, 3.05) is 6.61 Å². The average Bonchev–Trinajstić information content (AvgIpc) is 2.42. The number of fused-ring (bicyclic) bond motifs is 1. The van der Waals surface area contributed by atoms with Crippen LogP contribution in [-0.4, -0.2) is 6.61 Å². The second-order valence-electron chi connectivity index (χ2n) is 5.12. The molecule has 2 nitrogen and oxygen atoms in total. The molecule has 0 bridgehead atoms. The lowest BCUT2D eigenvalue weighted by molar-refractivity contribution is -0.215. The van der Waals surface area contributed by atoms with Crippen LogP contribution < -0.4 is 4.89 Å². The third-order valence-corrected chi connectivity index (χ3v) is 3.55. The highest BCUT2D eigenvalue weighted by Gasteiger charge is 2.11. The first-order chi connectivity index (χ1) is 8.90. The van der Waals surface area contributed by atoms with Crippen LogP contribution in [0.4, 0.5) is 0 Å². The molecule has 0 aromatic heterocycles. The Hall–Kier alpha value is -1.02. The van der Waals surface area contributed by atoms with E-state index in [2.05, 4.69) is 19.1 Å². The van der Waals surface area contributed by atoms with Gasteiger partial charge in [0.05, 0.1) is 6.61 Å². The highest BCUT2D eigenvalue weighted by molar-refractivity contribution is 5.37. The lowest BCUT2D eigenvalue weighted by Crippen LogP contribution is -2.11. The standard InChI is InChI=1S/C16H24O2/c1-2-3-4-5-6-7-8-14-9-10-16-15(13-14)11-12-17-18-16/h9-10,13H,2-8,11-12H2,1H3. The van der Waals surface area contributed by atoms with Crippen LogP contribution in [0, 0.1) is 0 Å². The van der Waals surface area contributed by atoms with Gasteiger partial charge in [-0.1, -0.05) is 51.2 Å². The Morgan fingerprint density at radius 1 is 1.06 bits per heavy atom. The fraction of sp³-hybridized carbons (Fsp3) is 0.625. The van der Waals surface area contributed by atoms with E-state index in [1.165, 1.54) is 56.1 Å². The van der Waals surface area contributed by atoms with Crippen molar-refractivity contribution in [3.8, 4) is 5.75 Å². The minimum atomic E-state index is 0.674. The number of rotatable bonds is 7. The van der Waals surface area contributed by atoms with Crippen LogP contribution in [0.5, 0.6) is 5.75 Å². The largest absolute Gasteiger partial charge is 0.337 e. The summed E-state index contributed by atoms with van der Waals surface area (Å²) in [7, 11) is 0. The molecule has 2 heteroatoms. The van der Waals surface area contributed by atoms with Crippen molar-refractivity contribution in [1.29, 1.82) is 0 Å². The molecule has 0 fully saturated rings. The highest BCUT2D eigenvalue weighted by atomic mass is 17.2. The van der Waals surface area contributed by atoms with Crippen molar-refractivity contribution in [1.82, 2.24) is 0 Å². The SMILES string of the molecule is CCCCCCCCc1ccc2c(c1)CCOO2. The van der Waals surface area contributed by atoms with E-state index in [-0.39, 0.29) is 0 Å². The Morgan fingerprint density at radius 3 is 2.78 bits per heavy atom. The Bertz CT molecular complexity index is 360. The van der Waals surface area contributed by atoms with Gasteiger partial charge >= 0.3 is 0 Å². The van der Waals surface area contributed by atoms with Crippen LogP contribution in [0.15, 0.2) is 18.2 Å². The highest BCUT2D eigenvalue weighted by Crippen LogP contribution is 2.25. The summed E-state index contributed by atoms with van der Waals surface area (Å²) in [5, 5.41) is 0. The smallest absolute Gasteiger partial charge is 0.168 e. The summed E-state index contributed by atoms with van der Waals surface area (Å²) < 4.78 is 0. The maximum Gasteiger partial charge on any atom is 0.168 e. The molecule has 0 radical (unpaired) electrons. The minimum Gasteiger partial charge on any atom is -0.337 e. The van der Waals surface area contributed by atoms with Gasteiger partial charge in [-0.25, -0.2) is 0 Å². The molecule has 18 heavy (non-hydrogen) atoms. The molecular formula is C16H24O2. The molecule has 1 aromatic carbocycles. The molecule has 0 unspecified atom stereocenters. The van der Waals surface area contributed by atoms with Crippen LogP contribution >= 0.6 is 0 Å². The zero-order valence-electron chi connectivity index (χ0n) is 11.4. The van der Waals surface area contributed by atoms with Crippen molar-refractivity contribution in [2.24, 2.45) is 0 Å². The molecule has 0 N–H and O–H groups in total. The Labute approximate surface area is 110 Å². The van der Waals surface area contributed by atoms with Crippen molar-refractivity contribution in [3.63, 3.8) is 0 Å². The molecule has 0 atom stereocenters. The predicted octanol–water partition coefficient (Wildman–Crippen LogP) is 4.46. The van der Waals surface area contributed by atoms with E-state index in [1.807, 2.05) is 6.07 Å². The summed E-state index contributed by atoms with van der Waals surface area (Å²) in [5.74, 6) is 0.896. The van der Waals surface area contributed by atoms with Crippen molar-refractivity contribution < 1.29 is 9.78 Å². The molecule has 0 aliphatic carbocycles. The maximum absolute atomic E-state index is 5.15. The van der Waals surface area contributed by atoms with Crippen LogP contribution in [0.3, 0.4) is 0 Å². The van der Waals surface area contributed by atoms with Crippen LogP contribution in [0.25, 0.3) is 0 Å². The third kappa shape index (κ3) is 4.02. The molecule has 0 spiro atoms. The summed E-state index contributed by atoms with van der Waals surface area (Å²) >= 11 is 0. The normalized spacial score (nSPS) is 14.1. The van der Waals surface area contributed by atoms with E-state index >= 15 is 0 Å². The number of aryl methyl sites for hydroxylation is 1. The van der Waals surface area contributed by atoms with Gasteiger partial charge in [0.2, 0.25) is 0 Å². The number of unbranched alkanes of at least 4 members (excludes halogenated alkanes) is 5. The van der Waals surface area contributed by atoms with E-state index in [0.29, 0.717) is 6.61 Å². The first-order valence-corrected chi connectivity index (χ1v) is 7.31. The second kappa shape index (κ2) is 7.42. The van der Waals surface area contributed by atoms with E-state index in [4.69, 9.17) is 9.78 Å². The molecule has 1 aliphatic heterocycles. The summed E-state index contributed by atoms with van der Waals surface area (Å²) in [6.07, 6.45) is 10.3. The molecular weight excluding hydrogens is 224 g/mol. The minimum absolute atomic E-state index is 0.674. The second-order valence-corrected chi connectivity index (χ2v) is 5.12. The van der Waals surface area contributed by atoms with E-state index < -0.39 is 0 Å². The summed E-state index contributed by atoms with van der Waals surface area (Å²) in [5.41, 5.74) is 2.74. The molecule has 1 heterocycles. The number of benzene rings is 1. The Balaban J connectivity index is 1.72. The van der Waals surface area contributed by atoms with Crippen LogP contribution in [0.1, 0.15) is 56.6 Å². The Kier molecular flexibility index (Phi) is 5.53. The van der Waals surface area contributed by atoms with Gasteiger partial charge in [-0.05, 0) is 24.5 Å². The summed E-state index contributed by atoms with van der Waals surface area (Å²) in [6, 6.07) is 6.49. The molecule has 1 aliphatic rings. The lowest BCUT2D eigenvalue weighted by atomic mass is 10.0. The van der Waals surface area contributed by atoms with Gasteiger partial charge in [-0.15, -0.1) is 0 Å². The molecule has 0 saturated carbocycles. The first kappa shape index (κ1) is 13.4. The van der Waals surface area contributed by atoms with E-state index in [9.17, 15) is 0 Å². The van der Waals surface area contributed by atoms with E-state index in [0.717, 1.165) is 12.2 Å². The van der Waals surface area contributed by atoms with Crippen LogP contribution in [-0.2, 0) is 17.7 Å². The van der Waals surface area contributed by atoms with E-state index in [1.54, 1.807) is 0 Å². The van der Waals surface area contributed by atoms with Gasteiger partial charge < -0.3 is 4.89 Å². The fourth-order valence-electron chi connectivity index (χ4n) is 2.43. The quantitative estimate of drug-likeness (QED) is 0.524. The molecule has 2 rings (SSSR count). The first-order valence-electron chi connectivity index (χ1n) is 7.31. The van der Waals surface area contributed by atoms with Gasteiger partial charge in [0.25, 0.3) is 0 Å². The van der Waals surface area contributed by atoms with Gasteiger partial charge in [0, 0.05) is 12.0 Å². The summed E-state index contributed by atoms with van der Waals surface area (Å²) in [6.45, 7) is 2.94. The Morgan fingerprint density at radius 2 is 1.89 bits per heavy atom. The zero-order chi connectivity index (χ0) is 12.6. The summed E-state index contributed by atoms with van der Waals surface area (Å²) in [4.78, 5) is 10.1. The molecule has 1 aromatic rings. The van der Waals surface area contributed by atoms with Crippen molar-refractivity contribution in [2.45, 2.75) is 58.3 Å². The average molecular weight is 248 g/mol. The topological polar surface area (TPSA) is 18.5 Å². The molecule has 0 saturated heterocycles. The fourth-order valence-corrected chi connectivity index (χ4v) is 2.43. The van der Waals surface area contributed by atoms with Crippen molar-refractivity contribution >= 4 is 0 Å². The molecule has 0 amide bonds. The zero-order valence-corrected chi connectivity index (χ0v) is 11.4. The van der Waals surface area contributed by atoms with Gasteiger partial charge in [-0.2, -0.15) is 4.89 Å².